The molecule has 3 aromatic heterocycles. The molecule has 10 heteroatoms. The van der Waals surface area contributed by atoms with Gasteiger partial charge in [-0.15, -0.1) is 5.10 Å². The van der Waals surface area contributed by atoms with Crippen molar-refractivity contribution < 1.29 is 4.42 Å². The molecule has 0 amide bonds. The fraction of sp³-hybridized carbons (Fsp3) is 0.394. The summed E-state index contributed by atoms with van der Waals surface area (Å²) in [7, 11) is 0. The third-order valence-electron chi connectivity index (χ3n) is 6.95. The molecule has 5 aromatic rings. The van der Waals surface area contributed by atoms with Gasteiger partial charge in [-0.2, -0.15) is 15.0 Å². The molecule has 0 spiro atoms. The van der Waals surface area contributed by atoms with Gasteiger partial charge in [0.1, 0.15) is 5.69 Å². The first-order chi connectivity index (χ1) is 20.9. The number of aryl methyl sites for hydroxylation is 2. The van der Waals surface area contributed by atoms with Crippen molar-refractivity contribution in [3.63, 3.8) is 0 Å². The lowest BCUT2D eigenvalue weighted by Crippen LogP contribution is -2.13. The number of anilines is 2. The van der Waals surface area contributed by atoms with Gasteiger partial charge in [-0.1, -0.05) is 93.6 Å². The molecule has 0 saturated heterocycles. The van der Waals surface area contributed by atoms with Gasteiger partial charge >= 0.3 is 0 Å². The van der Waals surface area contributed by atoms with Gasteiger partial charge in [-0.25, -0.2) is 4.98 Å². The van der Waals surface area contributed by atoms with E-state index in [0.29, 0.717) is 54.1 Å². The molecule has 0 bridgehead atoms. The van der Waals surface area contributed by atoms with Crippen molar-refractivity contribution in [3.8, 4) is 34.1 Å². The molecule has 10 nitrogen and oxygen atoms in total. The molecule has 0 unspecified atom stereocenters. The highest BCUT2D eigenvalue weighted by molar-refractivity contribution is 5.76. The third-order valence-corrected chi connectivity index (χ3v) is 6.95. The van der Waals surface area contributed by atoms with E-state index >= 15 is 0 Å². The number of rotatable bonds is 15. The molecule has 0 saturated carbocycles. The van der Waals surface area contributed by atoms with Crippen LogP contribution in [0.4, 0.5) is 11.9 Å². The average Bonchev–Trinajstić information content (AvgIpc) is 3.66. The highest BCUT2D eigenvalue weighted by Crippen LogP contribution is 2.33. The summed E-state index contributed by atoms with van der Waals surface area (Å²) in [5, 5.41) is 15.4. The molecule has 2 N–H and O–H groups in total. The molecule has 0 fully saturated rings. The van der Waals surface area contributed by atoms with E-state index in [0.717, 1.165) is 54.9 Å². The Bertz CT molecular complexity index is 1470. The van der Waals surface area contributed by atoms with Crippen LogP contribution in [-0.2, 0) is 13.0 Å². The fourth-order valence-corrected chi connectivity index (χ4v) is 4.54. The summed E-state index contributed by atoms with van der Waals surface area (Å²) in [4.78, 5) is 18.7. The third kappa shape index (κ3) is 8.47. The van der Waals surface area contributed by atoms with E-state index in [2.05, 4.69) is 75.7 Å². The summed E-state index contributed by atoms with van der Waals surface area (Å²) in [6.07, 6.45) is 5.38. The molecule has 0 radical (unpaired) electrons. The Morgan fingerprint density at radius 1 is 0.744 bits per heavy atom. The van der Waals surface area contributed by atoms with Crippen molar-refractivity contribution in [2.45, 2.75) is 59.9 Å². The normalized spacial score (nSPS) is 11.4. The first-order valence-electron chi connectivity index (χ1n) is 15.2. The smallest absolute Gasteiger partial charge is 0.228 e. The van der Waals surface area contributed by atoms with Gasteiger partial charge in [0.15, 0.2) is 23.2 Å². The quantitative estimate of drug-likeness (QED) is 0.135. The lowest BCUT2D eigenvalue weighted by Gasteiger charge is -2.11. The van der Waals surface area contributed by atoms with E-state index in [9.17, 15) is 0 Å². The second kappa shape index (κ2) is 14.5. The largest absolute Gasteiger partial charge is 0.440 e. The maximum absolute atomic E-state index is 6.29. The van der Waals surface area contributed by atoms with Crippen LogP contribution in [0, 0.1) is 11.8 Å². The van der Waals surface area contributed by atoms with Gasteiger partial charge in [-0.05, 0) is 31.1 Å². The zero-order chi connectivity index (χ0) is 30.0. The highest BCUT2D eigenvalue weighted by Gasteiger charge is 2.17. The predicted octanol–water partition coefficient (Wildman–Crippen LogP) is 7.00. The van der Waals surface area contributed by atoms with Crippen molar-refractivity contribution in [2.24, 2.45) is 11.8 Å². The second-order valence-electron chi connectivity index (χ2n) is 11.5. The maximum atomic E-state index is 6.29. The number of hydrogen-bond acceptors (Lipinski definition) is 9. The summed E-state index contributed by atoms with van der Waals surface area (Å²) in [5.41, 5.74) is 3.51. The molecule has 5 rings (SSSR count). The second-order valence-corrected chi connectivity index (χ2v) is 11.5. The first kappa shape index (κ1) is 29.9. The number of nitrogens with zero attached hydrogens (tertiary/aromatic N) is 7. The van der Waals surface area contributed by atoms with Gasteiger partial charge in [0, 0.05) is 37.2 Å². The maximum Gasteiger partial charge on any atom is 0.228 e. The van der Waals surface area contributed by atoms with Gasteiger partial charge in [-0.3, -0.25) is 4.68 Å². The zero-order valence-electron chi connectivity index (χ0n) is 25.5. The van der Waals surface area contributed by atoms with Crippen LogP contribution in [0.1, 0.15) is 52.8 Å². The van der Waals surface area contributed by atoms with Crippen LogP contribution in [-0.4, -0.2) is 48.0 Å². The molecule has 224 valence electrons. The highest BCUT2D eigenvalue weighted by atomic mass is 16.4. The number of oxazole rings is 1. The Kier molecular flexibility index (Phi) is 10.1. The van der Waals surface area contributed by atoms with Gasteiger partial charge in [0.2, 0.25) is 11.9 Å². The van der Waals surface area contributed by atoms with E-state index in [-0.39, 0.29) is 0 Å². The van der Waals surface area contributed by atoms with Crippen molar-refractivity contribution in [1.29, 1.82) is 0 Å². The summed E-state index contributed by atoms with van der Waals surface area (Å²) in [6.45, 7) is 11.0. The van der Waals surface area contributed by atoms with Crippen LogP contribution in [0.15, 0.2) is 71.3 Å². The Labute approximate surface area is 253 Å². The molecular formula is C33H41N9O. The van der Waals surface area contributed by atoms with E-state index in [1.807, 2.05) is 59.4 Å². The molecule has 3 heterocycles. The standard InChI is InChI=1S/C33H41N9O/c1-23(2)17-19-34-32-37-31(38-33(39-32)35-20-18-24(3)4)27-22-42(41-40-27)21-11-16-28-36-29(25-12-7-5-8-13-25)30(43-28)26-14-9-6-10-15-26/h5-10,12-15,22-24H,11,16-21H2,1-4H3,(H2,34,35,37,38,39). The minimum absolute atomic E-state index is 0.494. The number of hydrogen-bond donors (Lipinski definition) is 2. The van der Waals surface area contributed by atoms with Crippen molar-refractivity contribution >= 4 is 11.9 Å². The molecular weight excluding hydrogens is 538 g/mol. The van der Waals surface area contributed by atoms with Crippen LogP contribution in [0.2, 0.25) is 0 Å². The average molecular weight is 580 g/mol. The molecule has 0 atom stereocenters. The molecule has 0 aliphatic carbocycles. The van der Waals surface area contributed by atoms with Gasteiger partial charge in [0.25, 0.3) is 0 Å². The first-order valence-corrected chi connectivity index (χ1v) is 15.2. The Balaban J connectivity index is 1.27. The van der Waals surface area contributed by atoms with Crippen LogP contribution in [0.25, 0.3) is 34.1 Å². The van der Waals surface area contributed by atoms with Crippen molar-refractivity contribution in [1.82, 2.24) is 34.9 Å². The van der Waals surface area contributed by atoms with E-state index in [4.69, 9.17) is 9.40 Å². The van der Waals surface area contributed by atoms with Crippen LogP contribution >= 0.6 is 0 Å². The predicted molar refractivity (Wildman–Crippen MR) is 170 cm³/mol. The Morgan fingerprint density at radius 3 is 1.95 bits per heavy atom. The summed E-state index contributed by atoms with van der Waals surface area (Å²) < 4.78 is 8.11. The minimum Gasteiger partial charge on any atom is -0.440 e. The monoisotopic (exact) mass is 579 g/mol. The van der Waals surface area contributed by atoms with Crippen molar-refractivity contribution in [2.75, 3.05) is 23.7 Å². The van der Waals surface area contributed by atoms with E-state index in [1.54, 1.807) is 0 Å². The lowest BCUT2D eigenvalue weighted by molar-refractivity contribution is 0.474. The Morgan fingerprint density at radius 2 is 1.35 bits per heavy atom. The molecule has 2 aromatic carbocycles. The molecule has 0 aliphatic heterocycles. The number of nitrogens with one attached hydrogen (secondary N) is 2. The number of aromatic nitrogens is 7. The van der Waals surface area contributed by atoms with E-state index in [1.165, 1.54) is 0 Å². The van der Waals surface area contributed by atoms with Gasteiger partial charge < -0.3 is 15.1 Å². The topological polar surface area (TPSA) is 119 Å². The SMILES string of the molecule is CC(C)CCNc1nc(NCCC(C)C)nc(-c2cn(CCCc3nc(-c4ccccc4)c(-c4ccccc4)o3)nn2)n1. The summed E-state index contributed by atoms with van der Waals surface area (Å²) in [6, 6.07) is 20.3. The van der Waals surface area contributed by atoms with Crippen LogP contribution in [0.5, 0.6) is 0 Å². The van der Waals surface area contributed by atoms with Gasteiger partial charge in [0.05, 0.1) is 6.20 Å². The summed E-state index contributed by atoms with van der Waals surface area (Å²) >= 11 is 0. The molecule has 0 aliphatic rings. The number of benzene rings is 2. The van der Waals surface area contributed by atoms with Crippen molar-refractivity contribution in [3.05, 3.63) is 72.8 Å². The zero-order valence-corrected chi connectivity index (χ0v) is 25.5. The summed E-state index contributed by atoms with van der Waals surface area (Å²) in [5.74, 6) is 4.24. The minimum atomic E-state index is 0.494. The molecule has 43 heavy (non-hydrogen) atoms. The van der Waals surface area contributed by atoms with Crippen LogP contribution < -0.4 is 10.6 Å². The fourth-order valence-electron chi connectivity index (χ4n) is 4.54. The lowest BCUT2D eigenvalue weighted by atomic mass is 10.1. The van der Waals surface area contributed by atoms with Crippen LogP contribution in [0.3, 0.4) is 0 Å². The van der Waals surface area contributed by atoms with E-state index < -0.39 is 0 Å². The Hall–Kier alpha value is -4.60.